The molecule has 5 nitrogen and oxygen atoms in total. The lowest BCUT2D eigenvalue weighted by Crippen LogP contribution is -2.31. The normalized spacial score (nSPS) is 9.96. The quantitative estimate of drug-likeness (QED) is 0.592. The van der Waals surface area contributed by atoms with Gasteiger partial charge in [0.15, 0.2) is 16.6 Å². The van der Waals surface area contributed by atoms with E-state index in [9.17, 15) is 0 Å². The van der Waals surface area contributed by atoms with Crippen LogP contribution in [0.15, 0.2) is 42.5 Å². The lowest BCUT2D eigenvalue weighted by molar-refractivity contribution is 0.322. The van der Waals surface area contributed by atoms with Gasteiger partial charge in [0.2, 0.25) is 0 Å². The van der Waals surface area contributed by atoms with Gasteiger partial charge in [-0.25, -0.2) is 0 Å². The first-order chi connectivity index (χ1) is 11.6. The number of benzene rings is 2. The Hall–Kier alpha value is -2.47. The molecule has 0 radical (unpaired) electrons. The molecule has 0 unspecified atom stereocenters. The predicted octanol–water partition coefficient (Wildman–Crippen LogP) is 3.38. The standard InChI is InChI=1S/C18H22N2O3S/c1-13-4-7-15(8-5-13)23-11-10-19-18(24)20-14-6-9-16(21-2)17(12-14)22-3/h4-9,12H,10-11H2,1-3H3,(H2,19,20,24). The topological polar surface area (TPSA) is 51.8 Å². The molecule has 0 spiro atoms. The number of thiocarbonyl (C=S) groups is 1. The second kappa shape index (κ2) is 8.98. The van der Waals surface area contributed by atoms with Crippen molar-refractivity contribution in [2.75, 3.05) is 32.7 Å². The summed E-state index contributed by atoms with van der Waals surface area (Å²) >= 11 is 5.27. The number of nitrogens with one attached hydrogen (secondary N) is 2. The first-order valence-corrected chi connectivity index (χ1v) is 7.99. The van der Waals surface area contributed by atoms with Gasteiger partial charge in [0, 0.05) is 11.8 Å². The Kier molecular flexibility index (Phi) is 6.69. The number of anilines is 1. The molecule has 0 aliphatic rings. The van der Waals surface area contributed by atoms with E-state index in [1.807, 2.05) is 49.4 Å². The zero-order chi connectivity index (χ0) is 17.4. The smallest absolute Gasteiger partial charge is 0.170 e. The third-order valence-corrected chi connectivity index (χ3v) is 3.57. The summed E-state index contributed by atoms with van der Waals surface area (Å²) in [7, 11) is 3.20. The lowest BCUT2D eigenvalue weighted by atomic mass is 10.2. The van der Waals surface area contributed by atoms with Crippen molar-refractivity contribution in [3.8, 4) is 17.2 Å². The fraction of sp³-hybridized carbons (Fsp3) is 0.278. The highest BCUT2D eigenvalue weighted by molar-refractivity contribution is 7.80. The molecule has 0 amide bonds. The van der Waals surface area contributed by atoms with Crippen molar-refractivity contribution in [3.05, 3.63) is 48.0 Å². The van der Waals surface area contributed by atoms with E-state index in [0.717, 1.165) is 11.4 Å². The number of aryl methyl sites for hydroxylation is 1. The van der Waals surface area contributed by atoms with Crippen LogP contribution < -0.4 is 24.8 Å². The van der Waals surface area contributed by atoms with E-state index in [-0.39, 0.29) is 0 Å². The summed E-state index contributed by atoms with van der Waals surface area (Å²) in [5.74, 6) is 2.17. The second-order valence-electron chi connectivity index (χ2n) is 5.11. The maximum atomic E-state index is 5.64. The monoisotopic (exact) mass is 346 g/mol. The minimum atomic E-state index is 0.523. The molecule has 2 aromatic carbocycles. The number of ether oxygens (including phenoxy) is 3. The van der Waals surface area contributed by atoms with Gasteiger partial charge in [-0.3, -0.25) is 0 Å². The van der Waals surface area contributed by atoms with Crippen LogP contribution in [0.1, 0.15) is 5.56 Å². The summed E-state index contributed by atoms with van der Waals surface area (Å²) in [6, 6.07) is 13.5. The van der Waals surface area contributed by atoms with Crippen LogP contribution in [-0.4, -0.2) is 32.5 Å². The highest BCUT2D eigenvalue weighted by Crippen LogP contribution is 2.29. The summed E-state index contributed by atoms with van der Waals surface area (Å²) in [4.78, 5) is 0. The molecule has 0 aromatic heterocycles. The van der Waals surface area contributed by atoms with E-state index in [4.69, 9.17) is 26.4 Å². The average molecular weight is 346 g/mol. The third kappa shape index (κ3) is 5.31. The molecule has 0 bridgehead atoms. The van der Waals surface area contributed by atoms with Crippen molar-refractivity contribution in [1.82, 2.24) is 5.32 Å². The maximum absolute atomic E-state index is 5.64. The van der Waals surface area contributed by atoms with Crippen LogP contribution in [0.5, 0.6) is 17.2 Å². The Labute approximate surface area is 147 Å². The largest absolute Gasteiger partial charge is 0.493 e. The van der Waals surface area contributed by atoms with Crippen molar-refractivity contribution in [2.24, 2.45) is 0 Å². The fourth-order valence-electron chi connectivity index (χ4n) is 2.06. The van der Waals surface area contributed by atoms with Gasteiger partial charge in [-0.2, -0.15) is 0 Å². The maximum Gasteiger partial charge on any atom is 0.170 e. The van der Waals surface area contributed by atoms with E-state index in [1.54, 1.807) is 14.2 Å². The van der Waals surface area contributed by atoms with Crippen LogP contribution >= 0.6 is 12.2 Å². The Balaban J connectivity index is 1.76. The zero-order valence-corrected chi connectivity index (χ0v) is 14.9. The Bertz CT molecular complexity index is 674. The van der Waals surface area contributed by atoms with Crippen molar-refractivity contribution < 1.29 is 14.2 Å². The average Bonchev–Trinajstić information content (AvgIpc) is 2.60. The SMILES string of the molecule is COc1ccc(NC(=S)NCCOc2ccc(C)cc2)cc1OC. The van der Waals surface area contributed by atoms with Gasteiger partial charge >= 0.3 is 0 Å². The minimum Gasteiger partial charge on any atom is -0.493 e. The van der Waals surface area contributed by atoms with Gasteiger partial charge in [0.25, 0.3) is 0 Å². The van der Waals surface area contributed by atoms with Gasteiger partial charge in [-0.15, -0.1) is 0 Å². The predicted molar refractivity (Wildman–Crippen MR) is 100 cm³/mol. The molecule has 128 valence electrons. The Morgan fingerprint density at radius 3 is 2.38 bits per heavy atom. The molecule has 2 N–H and O–H groups in total. The number of hydrogen-bond donors (Lipinski definition) is 2. The Morgan fingerprint density at radius 2 is 1.71 bits per heavy atom. The van der Waals surface area contributed by atoms with Crippen molar-refractivity contribution >= 4 is 23.0 Å². The van der Waals surface area contributed by atoms with Crippen LogP contribution in [0.4, 0.5) is 5.69 Å². The molecule has 0 heterocycles. The first kappa shape index (κ1) is 17.9. The van der Waals surface area contributed by atoms with Crippen LogP contribution in [0.2, 0.25) is 0 Å². The van der Waals surface area contributed by atoms with Crippen LogP contribution in [0.25, 0.3) is 0 Å². The first-order valence-electron chi connectivity index (χ1n) is 7.58. The third-order valence-electron chi connectivity index (χ3n) is 3.32. The van der Waals surface area contributed by atoms with Gasteiger partial charge in [-0.1, -0.05) is 17.7 Å². The van der Waals surface area contributed by atoms with Gasteiger partial charge in [0.1, 0.15) is 12.4 Å². The number of hydrogen-bond acceptors (Lipinski definition) is 4. The van der Waals surface area contributed by atoms with Crippen LogP contribution in [0, 0.1) is 6.92 Å². The molecule has 2 rings (SSSR count). The van der Waals surface area contributed by atoms with Crippen molar-refractivity contribution in [2.45, 2.75) is 6.92 Å². The molecule has 0 atom stereocenters. The molecule has 0 saturated carbocycles. The van der Waals surface area contributed by atoms with Gasteiger partial charge < -0.3 is 24.8 Å². The number of rotatable bonds is 7. The number of methoxy groups -OCH3 is 2. The molecule has 0 aliphatic heterocycles. The van der Waals surface area contributed by atoms with Gasteiger partial charge in [-0.05, 0) is 43.4 Å². The molecule has 6 heteroatoms. The van der Waals surface area contributed by atoms with Gasteiger partial charge in [0.05, 0.1) is 20.8 Å². The lowest BCUT2D eigenvalue weighted by Gasteiger charge is -2.13. The highest BCUT2D eigenvalue weighted by atomic mass is 32.1. The summed E-state index contributed by atoms with van der Waals surface area (Å²) in [5.41, 5.74) is 2.03. The summed E-state index contributed by atoms with van der Waals surface area (Å²) in [5, 5.41) is 6.73. The van der Waals surface area contributed by atoms with E-state index in [0.29, 0.717) is 29.8 Å². The molecular weight excluding hydrogens is 324 g/mol. The van der Waals surface area contributed by atoms with Crippen LogP contribution in [0.3, 0.4) is 0 Å². The summed E-state index contributed by atoms with van der Waals surface area (Å²) in [6.45, 7) is 3.17. The zero-order valence-electron chi connectivity index (χ0n) is 14.1. The molecule has 24 heavy (non-hydrogen) atoms. The van der Waals surface area contributed by atoms with E-state index in [1.165, 1.54) is 5.56 Å². The molecule has 0 fully saturated rings. The van der Waals surface area contributed by atoms with Crippen molar-refractivity contribution in [3.63, 3.8) is 0 Å². The van der Waals surface area contributed by atoms with Crippen molar-refractivity contribution in [1.29, 1.82) is 0 Å². The molecule has 0 aliphatic carbocycles. The van der Waals surface area contributed by atoms with Crippen LogP contribution in [-0.2, 0) is 0 Å². The summed E-state index contributed by atoms with van der Waals surface area (Å²) in [6.07, 6.45) is 0. The molecule has 0 saturated heterocycles. The van der Waals surface area contributed by atoms with E-state index < -0.39 is 0 Å². The molecular formula is C18H22N2O3S. The highest BCUT2D eigenvalue weighted by Gasteiger charge is 2.05. The summed E-state index contributed by atoms with van der Waals surface area (Å²) < 4.78 is 16.1. The Morgan fingerprint density at radius 1 is 1.00 bits per heavy atom. The fourth-order valence-corrected chi connectivity index (χ4v) is 2.28. The van der Waals surface area contributed by atoms with E-state index >= 15 is 0 Å². The molecule has 2 aromatic rings. The second-order valence-corrected chi connectivity index (χ2v) is 5.52. The minimum absolute atomic E-state index is 0.523. The van der Waals surface area contributed by atoms with E-state index in [2.05, 4.69) is 10.6 Å².